The molecule has 0 unspecified atom stereocenters. The molecule has 1 saturated heterocycles. The molecular weight excluding hydrogens is 344 g/mol. The molecule has 7 heteroatoms. The van der Waals surface area contributed by atoms with Crippen LogP contribution in [0.3, 0.4) is 0 Å². The van der Waals surface area contributed by atoms with Crippen LogP contribution in [0.2, 0.25) is 5.02 Å². The van der Waals surface area contributed by atoms with E-state index in [9.17, 15) is 4.79 Å². The molecule has 1 aromatic heterocycles. The van der Waals surface area contributed by atoms with Crippen molar-refractivity contribution in [3.05, 3.63) is 40.4 Å². The molecule has 0 atom stereocenters. The zero-order valence-electron chi connectivity index (χ0n) is 13.2. The van der Waals surface area contributed by atoms with E-state index in [1.807, 2.05) is 23.6 Å². The van der Waals surface area contributed by atoms with Crippen LogP contribution < -0.4 is 15.1 Å². The van der Waals surface area contributed by atoms with Crippen LogP contribution >= 0.6 is 22.9 Å². The molecule has 2 aliphatic rings. The maximum absolute atomic E-state index is 12.1. The molecule has 1 aliphatic heterocycles. The molecule has 0 radical (unpaired) electrons. The first-order valence-electron chi connectivity index (χ1n) is 8.21. The van der Waals surface area contributed by atoms with Crippen LogP contribution in [0.15, 0.2) is 29.6 Å². The molecule has 24 heavy (non-hydrogen) atoms. The van der Waals surface area contributed by atoms with Crippen molar-refractivity contribution < 1.29 is 4.79 Å². The summed E-state index contributed by atoms with van der Waals surface area (Å²) < 4.78 is 0. The third kappa shape index (κ3) is 3.49. The molecule has 126 valence electrons. The van der Waals surface area contributed by atoms with E-state index >= 15 is 0 Å². The number of thiazole rings is 1. The molecule has 1 N–H and O–H groups in total. The van der Waals surface area contributed by atoms with Gasteiger partial charge in [0.05, 0.1) is 0 Å². The van der Waals surface area contributed by atoms with Crippen molar-refractivity contribution in [2.75, 3.05) is 36.0 Å². The normalized spacial score (nSPS) is 17.9. The molecule has 0 spiro atoms. The Bertz CT molecular complexity index is 738. The van der Waals surface area contributed by atoms with Gasteiger partial charge in [0, 0.05) is 48.3 Å². The second-order valence-corrected chi connectivity index (χ2v) is 7.49. The summed E-state index contributed by atoms with van der Waals surface area (Å²) in [6, 6.07) is 8.33. The van der Waals surface area contributed by atoms with Crippen LogP contribution in [0.25, 0.3) is 0 Å². The fourth-order valence-corrected chi connectivity index (χ4v) is 3.87. The molecule has 2 heterocycles. The molecule has 1 saturated carbocycles. The van der Waals surface area contributed by atoms with Crippen molar-refractivity contribution in [2.24, 2.45) is 0 Å². The number of nitrogens with zero attached hydrogens (tertiary/aromatic N) is 3. The average molecular weight is 363 g/mol. The Morgan fingerprint density at radius 3 is 2.67 bits per heavy atom. The highest BCUT2D eigenvalue weighted by molar-refractivity contribution is 7.13. The molecule has 0 bridgehead atoms. The topological polar surface area (TPSA) is 48.5 Å². The number of anilines is 2. The van der Waals surface area contributed by atoms with Gasteiger partial charge in [-0.3, -0.25) is 4.79 Å². The number of aromatic nitrogens is 1. The van der Waals surface area contributed by atoms with Crippen LogP contribution in [0.1, 0.15) is 23.3 Å². The van der Waals surface area contributed by atoms with E-state index in [0.717, 1.165) is 54.9 Å². The lowest BCUT2D eigenvalue weighted by Gasteiger charge is -2.36. The first-order valence-corrected chi connectivity index (χ1v) is 9.47. The molecule has 1 aromatic carbocycles. The smallest absolute Gasteiger partial charge is 0.271 e. The Morgan fingerprint density at radius 2 is 1.96 bits per heavy atom. The van der Waals surface area contributed by atoms with Crippen LogP contribution in [-0.4, -0.2) is 43.1 Å². The Labute approximate surface area is 150 Å². The minimum Gasteiger partial charge on any atom is -0.368 e. The van der Waals surface area contributed by atoms with E-state index in [2.05, 4.69) is 26.2 Å². The number of rotatable bonds is 4. The van der Waals surface area contributed by atoms with Crippen molar-refractivity contribution in [1.82, 2.24) is 10.3 Å². The molecule has 2 aromatic rings. The second kappa shape index (κ2) is 6.61. The lowest BCUT2D eigenvalue weighted by molar-refractivity contribution is 0.0947. The molecule has 4 rings (SSSR count). The molecule has 5 nitrogen and oxygen atoms in total. The molecule has 2 fully saturated rings. The highest BCUT2D eigenvalue weighted by Gasteiger charge is 2.26. The number of benzene rings is 1. The summed E-state index contributed by atoms with van der Waals surface area (Å²) >= 11 is 7.62. The number of carbonyl (C=O) groups is 1. The summed E-state index contributed by atoms with van der Waals surface area (Å²) in [7, 11) is 0. The van der Waals surface area contributed by atoms with Crippen LogP contribution in [-0.2, 0) is 0 Å². The number of carbonyl (C=O) groups excluding carboxylic acids is 1. The summed E-state index contributed by atoms with van der Waals surface area (Å²) in [5.41, 5.74) is 1.70. The molecule has 1 aliphatic carbocycles. The molecular formula is C17H19ClN4OS. The Hall–Kier alpha value is -1.79. The number of nitrogens with one attached hydrogen (secondary N) is 1. The number of halogens is 1. The van der Waals surface area contributed by atoms with E-state index in [1.54, 1.807) is 11.3 Å². The monoisotopic (exact) mass is 362 g/mol. The van der Waals surface area contributed by atoms with Crippen molar-refractivity contribution in [1.29, 1.82) is 0 Å². The summed E-state index contributed by atoms with van der Waals surface area (Å²) in [4.78, 5) is 21.2. The SMILES string of the molecule is O=C(NC1CC1)c1csc(N2CCN(c3cccc(Cl)c3)CC2)n1. The Balaban J connectivity index is 1.37. The zero-order valence-corrected chi connectivity index (χ0v) is 14.8. The number of amides is 1. The van der Waals surface area contributed by atoms with Gasteiger partial charge in [-0.1, -0.05) is 17.7 Å². The number of piperazine rings is 1. The van der Waals surface area contributed by atoms with Gasteiger partial charge in [0.15, 0.2) is 5.13 Å². The van der Waals surface area contributed by atoms with Crippen LogP contribution in [0, 0.1) is 0 Å². The predicted molar refractivity (Wildman–Crippen MR) is 98.5 cm³/mol. The lowest BCUT2D eigenvalue weighted by Crippen LogP contribution is -2.46. The Morgan fingerprint density at radius 1 is 1.21 bits per heavy atom. The maximum Gasteiger partial charge on any atom is 0.271 e. The van der Waals surface area contributed by atoms with E-state index in [1.165, 1.54) is 0 Å². The third-order valence-corrected chi connectivity index (χ3v) is 5.50. The van der Waals surface area contributed by atoms with Gasteiger partial charge in [-0.15, -0.1) is 11.3 Å². The number of hydrogen-bond donors (Lipinski definition) is 1. The van der Waals surface area contributed by atoms with Crippen molar-refractivity contribution in [2.45, 2.75) is 18.9 Å². The third-order valence-electron chi connectivity index (χ3n) is 4.36. The van der Waals surface area contributed by atoms with Gasteiger partial charge in [-0.2, -0.15) is 0 Å². The van der Waals surface area contributed by atoms with Crippen molar-refractivity contribution in [3.63, 3.8) is 0 Å². The summed E-state index contributed by atoms with van der Waals surface area (Å²) in [6.07, 6.45) is 2.18. The van der Waals surface area contributed by atoms with Gasteiger partial charge in [0.25, 0.3) is 5.91 Å². The van der Waals surface area contributed by atoms with Crippen molar-refractivity contribution >= 4 is 39.7 Å². The second-order valence-electron chi connectivity index (χ2n) is 6.22. The fraction of sp³-hybridized carbons (Fsp3) is 0.412. The van der Waals surface area contributed by atoms with Gasteiger partial charge >= 0.3 is 0 Å². The van der Waals surface area contributed by atoms with E-state index in [4.69, 9.17) is 11.6 Å². The first kappa shape index (κ1) is 15.7. The van der Waals surface area contributed by atoms with Crippen molar-refractivity contribution in [3.8, 4) is 0 Å². The largest absolute Gasteiger partial charge is 0.368 e. The summed E-state index contributed by atoms with van der Waals surface area (Å²) in [5.74, 6) is -0.0439. The predicted octanol–water partition coefficient (Wildman–Crippen LogP) is 3.02. The van der Waals surface area contributed by atoms with Gasteiger partial charge < -0.3 is 15.1 Å². The highest BCUT2D eigenvalue weighted by Crippen LogP contribution is 2.26. The van der Waals surface area contributed by atoms with E-state index in [-0.39, 0.29) is 5.91 Å². The minimum absolute atomic E-state index is 0.0439. The van der Waals surface area contributed by atoms with E-state index in [0.29, 0.717) is 11.7 Å². The fourth-order valence-electron chi connectivity index (χ4n) is 2.83. The quantitative estimate of drug-likeness (QED) is 0.908. The van der Waals surface area contributed by atoms with Gasteiger partial charge in [-0.25, -0.2) is 4.98 Å². The Kier molecular flexibility index (Phi) is 4.33. The molecule has 1 amide bonds. The average Bonchev–Trinajstić information content (AvgIpc) is 3.27. The van der Waals surface area contributed by atoms with Gasteiger partial charge in [0.1, 0.15) is 5.69 Å². The summed E-state index contributed by atoms with van der Waals surface area (Å²) in [6.45, 7) is 3.63. The highest BCUT2D eigenvalue weighted by atomic mass is 35.5. The van der Waals surface area contributed by atoms with Crippen LogP contribution in [0.4, 0.5) is 10.8 Å². The van der Waals surface area contributed by atoms with E-state index < -0.39 is 0 Å². The minimum atomic E-state index is -0.0439. The van der Waals surface area contributed by atoms with Crippen LogP contribution in [0.5, 0.6) is 0 Å². The first-order chi connectivity index (χ1) is 11.7. The lowest BCUT2D eigenvalue weighted by atomic mass is 10.2. The van der Waals surface area contributed by atoms with Gasteiger partial charge in [0.2, 0.25) is 0 Å². The number of hydrogen-bond acceptors (Lipinski definition) is 5. The zero-order chi connectivity index (χ0) is 16.5. The summed E-state index contributed by atoms with van der Waals surface area (Å²) in [5, 5.41) is 6.54. The van der Waals surface area contributed by atoms with Gasteiger partial charge in [-0.05, 0) is 31.0 Å². The standard InChI is InChI=1S/C17H19ClN4OS/c18-12-2-1-3-14(10-12)21-6-8-22(9-7-21)17-20-15(11-24-17)16(23)19-13-4-5-13/h1-3,10-11,13H,4-9H2,(H,19,23). The maximum atomic E-state index is 12.1.